The largest absolute Gasteiger partial charge is 0.497 e. The van der Waals surface area contributed by atoms with Gasteiger partial charge in [0.2, 0.25) is 10.0 Å². The molecule has 0 aliphatic carbocycles. The van der Waals surface area contributed by atoms with Crippen molar-refractivity contribution in [1.82, 2.24) is 20.5 Å². The number of fused-ring (bicyclic) bond motifs is 2. The first-order valence-electron chi connectivity index (χ1n) is 9.96. The Morgan fingerprint density at radius 1 is 1.18 bits per heavy atom. The number of pyridine rings is 1. The minimum atomic E-state index is -3.43. The molecular weight excluding hydrogens is 466 g/mol. The van der Waals surface area contributed by atoms with Gasteiger partial charge in [0.15, 0.2) is 11.6 Å². The molecule has 1 atom stereocenters. The maximum absolute atomic E-state index is 11.6. The molecule has 2 aromatic heterocycles. The van der Waals surface area contributed by atoms with Crippen molar-refractivity contribution in [2.24, 2.45) is 0 Å². The van der Waals surface area contributed by atoms with E-state index in [1.165, 1.54) is 18.2 Å². The lowest BCUT2D eigenvalue weighted by Gasteiger charge is -2.04. The average molecular weight is 487 g/mol. The van der Waals surface area contributed by atoms with E-state index in [0.29, 0.717) is 17.6 Å². The fraction of sp³-hybridized carbons (Fsp3) is 0.238. The molecule has 1 unspecified atom stereocenters. The van der Waals surface area contributed by atoms with Crippen molar-refractivity contribution >= 4 is 44.8 Å². The van der Waals surface area contributed by atoms with Gasteiger partial charge in [-0.05, 0) is 29.8 Å². The predicted octanol–water partition coefficient (Wildman–Crippen LogP) is 1.36. The quantitative estimate of drug-likeness (QED) is 0.465. The minimum Gasteiger partial charge on any atom is -0.497 e. The van der Waals surface area contributed by atoms with E-state index in [9.17, 15) is 22.8 Å². The third kappa shape index (κ3) is 4.78. The van der Waals surface area contributed by atoms with Gasteiger partial charge in [0.05, 0.1) is 13.4 Å². The van der Waals surface area contributed by atoms with Crippen molar-refractivity contribution in [3.8, 4) is 5.75 Å². The summed E-state index contributed by atoms with van der Waals surface area (Å²) < 4.78 is 35.0. The highest BCUT2D eigenvalue weighted by molar-refractivity contribution is 7.92. The number of nitrogens with one attached hydrogen (secondary N) is 3. The van der Waals surface area contributed by atoms with Gasteiger partial charge in [0, 0.05) is 25.2 Å². The number of ether oxygens (including phenoxy) is 1. The summed E-state index contributed by atoms with van der Waals surface area (Å²) in [5.74, 6) is 0.652. The first-order chi connectivity index (χ1) is 16.0. The van der Waals surface area contributed by atoms with E-state index in [1.54, 1.807) is 25.1 Å². The van der Waals surface area contributed by atoms with E-state index in [2.05, 4.69) is 20.3 Å². The van der Waals surface area contributed by atoms with Gasteiger partial charge in [0.1, 0.15) is 22.8 Å². The number of aromatic nitrogens is 1. The highest BCUT2D eigenvalue weighted by atomic mass is 32.2. The van der Waals surface area contributed by atoms with Gasteiger partial charge < -0.3 is 19.4 Å². The molecule has 3 aromatic rings. The van der Waals surface area contributed by atoms with Crippen molar-refractivity contribution in [3.05, 3.63) is 53.3 Å². The van der Waals surface area contributed by atoms with Crippen LogP contribution >= 0.6 is 0 Å². The van der Waals surface area contributed by atoms with Gasteiger partial charge in [-0.15, -0.1) is 0 Å². The van der Waals surface area contributed by atoms with Gasteiger partial charge in [0.25, 0.3) is 11.8 Å². The van der Waals surface area contributed by atoms with Crippen molar-refractivity contribution in [2.45, 2.75) is 12.6 Å². The fourth-order valence-electron chi connectivity index (χ4n) is 3.50. The van der Waals surface area contributed by atoms with E-state index in [1.807, 2.05) is 12.1 Å². The Kier molecular flexibility index (Phi) is 5.87. The Morgan fingerprint density at radius 2 is 1.94 bits per heavy atom. The number of rotatable bonds is 4. The van der Waals surface area contributed by atoms with Crippen LogP contribution in [-0.4, -0.2) is 56.6 Å². The number of amides is 4. The molecule has 0 radical (unpaired) electrons. The van der Waals surface area contributed by atoms with Crippen LogP contribution in [0.4, 0.5) is 10.6 Å². The van der Waals surface area contributed by atoms with E-state index in [-0.39, 0.29) is 17.5 Å². The van der Waals surface area contributed by atoms with Gasteiger partial charge in [-0.3, -0.25) is 19.6 Å². The molecule has 2 aliphatic rings. The third-order valence-corrected chi connectivity index (χ3v) is 5.62. The number of imide groups is 1. The maximum atomic E-state index is 11.6. The average Bonchev–Trinajstić information content (AvgIpc) is 3.42. The molecule has 34 heavy (non-hydrogen) atoms. The van der Waals surface area contributed by atoms with Crippen LogP contribution in [0, 0.1) is 0 Å². The van der Waals surface area contributed by atoms with Gasteiger partial charge >= 0.3 is 6.03 Å². The summed E-state index contributed by atoms with van der Waals surface area (Å²) in [7, 11) is -0.0325. The summed E-state index contributed by atoms with van der Waals surface area (Å²) in [6.07, 6.45) is 1.01. The van der Waals surface area contributed by atoms with E-state index < -0.39 is 28.0 Å². The highest BCUT2D eigenvalue weighted by Crippen LogP contribution is 2.26. The van der Waals surface area contributed by atoms with Gasteiger partial charge in [-0.1, -0.05) is 6.07 Å². The zero-order valence-electron chi connectivity index (χ0n) is 18.4. The van der Waals surface area contributed by atoms with E-state index in [0.717, 1.165) is 23.1 Å². The Bertz CT molecular complexity index is 1420. The first kappa shape index (κ1) is 23.0. The first-order valence-corrected chi connectivity index (χ1v) is 11.9. The molecule has 12 nitrogen and oxygen atoms in total. The molecule has 0 bridgehead atoms. The van der Waals surface area contributed by atoms with Crippen LogP contribution in [-0.2, 0) is 21.4 Å². The molecule has 13 heteroatoms. The number of hydrogen-bond acceptors (Lipinski definition) is 8. The molecule has 0 saturated carbocycles. The number of hydrogen-bond donors (Lipinski definition) is 3. The number of sulfonamides is 1. The Morgan fingerprint density at radius 3 is 2.59 bits per heavy atom. The molecule has 3 N–H and O–H groups in total. The number of anilines is 1. The molecule has 1 aromatic carbocycles. The molecule has 1 saturated heterocycles. The molecule has 2 aliphatic heterocycles. The Balaban J connectivity index is 0.000000180. The number of urea groups is 1. The zero-order chi connectivity index (χ0) is 24.6. The van der Waals surface area contributed by atoms with Crippen LogP contribution in [0.15, 0.2) is 40.8 Å². The summed E-state index contributed by atoms with van der Waals surface area (Å²) in [5, 5.41) is 4.49. The SMILES string of the molecule is COc1ccc2c(c1)C(=O)N(C)C2.CS(=O)(=O)Nc1ccc2oc(C3NC(=O)NC3=O)cc2n1. The second-order valence-electron chi connectivity index (χ2n) is 7.68. The minimum absolute atomic E-state index is 0.0777. The Labute approximate surface area is 194 Å². The number of carbonyl (C=O) groups is 3. The smallest absolute Gasteiger partial charge is 0.322 e. The molecular formula is C21H21N5O7S. The highest BCUT2D eigenvalue weighted by Gasteiger charge is 2.33. The van der Waals surface area contributed by atoms with Crippen LogP contribution in [0.3, 0.4) is 0 Å². The second kappa shape index (κ2) is 8.67. The van der Waals surface area contributed by atoms with Gasteiger partial charge in [-0.25, -0.2) is 18.2 Å². The lowest BCUT2D eigenvalue weighted by atomic mass is 10.1. The van der Waals surface area contributed by atoms with E-state index >= 15 is 0 Å². The number of furan rings is 1. The number of nitrogens with zero attached hydrogens (tertiary/aromatic N) is 2. The van der Waals surface area contributed by atoms with Gasteiger partial charge in [-0.2, -0.15) is 0 Å². The van der Waals surface area contributed by atoms with Crippen molar-refractivity contribution in [2.75, 3.05) is 25.1 Å². The van der Waals surface area contributed by atoms with Crippen LogP contribution in [0.25, 0.3) is 11.1 Å². The lowest BCUT2D eigenvalue weighted by molar-refractivity contribution is -0.120. The monoisotopic (exact) mass is 487 g/mol. The summed E-state index contributed by atoms with van der Waals surface area (Å²) >= 11 is 0. The number of methoxy groups -OCH3 is 1. The molecule has 1 fully saturated rings. The third-order valence-electron chi connectivity index (χ3n) is 5.04. The maximum Gasteiger partial charge on any atom is 0.322 e. The summed E-state index contributed by atoms with van der Waals surface area (Å²) in [4.78, 5) is 39.9. The molecule has 4 heterocycles. The van der Waals surface area contributed by atoms with Crippen molar-refractivity contribution in [3.63, 3.8) is 0 Å². The standard InChI is InChI=1S/C11H10N4O5S.C10H11NO2/c1-21(18,19)15-8-3-2-6-5(12-8)4-7(20-6)9-10(16)14-11(17)13-9;1-11-6-7-3-4-8(13-2)5-9(7)10(11)12/h2-4,9H,1H3,(H,12,15)(H2,13,14,16,17);3-5H,6H2,1-2H3. The molecule has 178 valence electrons. The second-order valence-corrected chi connectivity index (χ2v) is 9.43. The predicted molar refractivity (Wildman–Crippen MR) is 121 cm³/mol. The zero-order valence-corrected chi connectivity index (χ0v) is 19.2. The lowest BCUT2D eigenvalue weighted by Crippen LogP contribution is -2.22. The summed E-state index contributed by atoms with van der Waals surface area (Å²) in [6.45, 7) is 0.707. The topological polar surface area (TPSA) is 160 Å². The number of benzene rings is 1. The van der Waals surface area contributed by atoms with Crippen LogP contribution < -0.4 is 20.1 Å². The molecule has 0 spiro atoms. The summed E-state index contributed by atoms with van der Waals surface area (Å²) in [5.41, 5.74) is 2.58. The summed E-state index contributed by atoms with van der Waals surface area (Å²) in [6, 6.07) is 8.52. The van der Waals surface area contributed by atoms with Crippen LogP contribution in [0.1, 0.15) is 27.7 Å². The Hall–Kier alpha value is -4.13. The van der Waals surface area contributed by atoms with Crippen molar-refractivity contribution < 1.29 is 32.0 Å². The van der Waals surface area contributed by atoms with Crippen LogP contribution in [0.2, 0.25) is 0 Å². The van der Waals surface area contributed by atoms with Crippen molar-refractivity contribution in [1.29, 1.82) is 0 Å². The normalized spacial score (nSPS) is 17.1. The molecule has 4 amide bonds. The fourth-order valence-corrected chi connectivity index (χ4v) is 4.00. The van der Waals surface area contributed by atoms with E-state index in [4.69, 9.17) is 9.15 Å². The molecule has 5 rings (SSSR count). The number of carbonyl (C=O) groups excluding carboxylic acids is 3. The van der Waals surface area contributed by atoms with Crippen LogP contribution in [0.5, 0.6) is 5.75 Å².